The van der Waals surface area contributed by atoms with E-state index < -0.39 is 5.60 Å². The maximum atomic E-state index is 12.0. The smallest absolute Gasteiger partial charge is 0.124 e. The number of nitrogens with one attached hydrogen (secondary N) is 1. The molecule has 0 unspecified atom stereocenters. The summed E-state index contributed by atoms with van der Waals surface area (Å²) >= 11 is 0. The predicted octanol–water partition coefficient (Wildman–Crippen LogP) is 2.68. The molecule has 2 aromatic rings. The molecule has 0 saturated carbocycles. The predicted molar refractivity (Wildman–Crippen MR) is 104 cm³/mol. The van der Waals surface area contributed by atoms with E-state index in [0.29, 0.717) is 17.0 Å². The van der Waals surface area contributed by atoms with Crippen molar-refractivity contribution in [2.75, 3.05) is 20.1 Å². The fourth-order valence-corrected chi connectivity index (χ4v) is 4.13. The van der Waals surface area contributed by atoms with Crippen LogP contribution in [0.25, 0.3) is 0 Å². The van der Waals surface area contributed by atoms with Crippen molar-refractivity contribution in [1.29, 1.82) is 5.41 Å². The van der Waals surface area contributed by atoms with Crippen LogP contribution in [0.15, 0.2) is 42.7 Å². The number of pyridine rings is 1. The van der Waals surface area contributed by atoms with Gasteiger partial charge in [-0.2, -0.15) is 0 Å². The van der Waals surface area contributed by atoms with Crippen LogP contribution in [-0.2, 0) is 5.60 Å². The molecule has 5 nitrogen and oxygen atoms in total. The van der Waals surface area contributed by atoms with Gasteiger partial charge in [0.25, 0.3) is 0 Å². The van der Waals surface area contributed by atoms with Crippen LogP contribution in [0.1, 0.15) is 48.9 Å². The average Bonchev–Trinajstić information content (AvgIpc) is 2.59. The van der Waals surface area contributed by atoms with Crippen molar-refractivity contribution >= 4 is 5.84 Å². The normalized spacial score (nSPS) is 19.0. The molecular weight excluding hydrogens is 324 g/mol. The second-order valence-electron chi connectivity index (χ2n) is 8.10. The zero-order chi connectivity index (χ0) is 19.1. The first-order valence-corrected chi connectivity index (χ1v) is 8.98. The Morgan fingerprint density at radius 1 is 1.23 bits per heavy atom. The molecule has 1 atom stereocenters. The molecular formula is C21H28N4O. The van der Waals surface area contributed by atoms with Gasteiger partial charge in [-0.1, -0.05) is 45.0 Å². The van der Waals surface area contributed by atoms with E-state index in [2.05, 4.69) is 42.8 Å². The molecule has 138 valence electrons. The highest BCUT2D eigenvalue weighted by Gasteiger charge is 2.55. The summed E-state index contributed by atoms with van der Waals surface area (Å²) in [5.41, 5.74) is 7.39. The summed E-state index contributed by atoms with van der Waals surface area (Å²) in [6, 6.07) is 9.98. The number of benzene rings is 1. The van der Waals surface area contributed by atoms with Crippen LogP contribution in [0.4, 0.5) is 0 Å². The lowest BCUT2D eigenvalue weighted by molar-refractivity contribution is -0.127. The van der Waals surface area contributed by atoms with Gasteiger partial charge in [0.15, 0.2) is 0 Å². The maximum absolute atomic E-state index is 12.0. The van der Waals surface area contributed by atoms with Crippen LogP contribution in [0, 0.1) is 10.8 Å². The third-order valence-electron chi connectivity index (χ3n) is 5.57. The largest absolute Gasteiger partial charge is 0.384 e. The van der Waals surface area contributed by atoms with Gasteiger partial charge in [-0.05, 0) is 30.2 Å². The summed E-state index contributed by atoms with van der Waals surface area (Å²) in [6.45, 7) is 7.97. The number of hydrogen-bond acceptors (Lipinski definition) is 4. The monoisotopic (exact) mass is 352 g/mol. The fourth-order valence-electron chi connectivity index (χ4n) is 4.13. The Hall–Kier alpha value is -2.24. The molecule has 0 radical (unpaired) electrons. The Kier molecular flexibility index (Phi) is 4.63. The van der Waals surface area contributed by atoms with Crippen molar-refractivity contribution in [1.82, 2.24) is 9.88 Å². The molecule has 1 aromatic carbocycles. The van der Waals surface area contributed by atoms with Crippen LogP contribution < -0.4 is 5.73 Å². The van der Waals surface area contributed by atoms with Gasteiger partial charge in [0, 0.05) is 42.0 Å². The first kappa shape index (κ1) is 18.5. The summed E-state index contributed by atoms with van der Waals surface area (Å²) < 4.78 is 0. The lowest BCUT2D eigenvalue weighted by Gasteiger charge is -2.55. The summed E-state index contributed by atoms with van der Waals surface area (Å²) in [5, 5.41) is 19.7. The average molecular weight is 352 g/mol. The summed E-state index contributed by atoms with van der Waals surface area (Å²) in [4.78, 5) is 6.43. The molecule has 2 heterocycles. The van der Waals surface area contributed by atoms with E-state index in [9.17, 15) is 5.11 Å². The minimum absolute atomic E-state index is 0.0484. The highest BCUT2D eigenvalue weighted by Crippen LogP contribution is 2.50. The zero-order valence-electron chi connectivity index (χ0n) is 16.0. The van der Waals surface area contributed by atoms with E-state index >= 15 is 0 Å². The van der Waals surface area contributed by atoms with E-state index in [0.717, 1.165) is 18.7 Å². The lowest BCUT2D eigenvalue weighted by Crippen LogP contribution is -2.63. The molecule has 3 rings (SSSR count). The van der Waals surface area contributed by atoms with Crippen LogP contribution in [0.5, 0.6) is 0 Å². The van der Waals surface area contributed by atoms with Crippen LogP contribution >= 0.6 is 0 Å². The Morgan fingerprint density at radius 2 is 1.85 bits per heavy atom. The molecule has 1 aliphatic heterocycles. The van der Waals surface area contributed by atoms with Gasteiger partial charge in [-0.3, -0.25) is 10.4 Å². The SMILES string of the molecule is CC(C)c1ccc([C@](O)(c2cncc(C(=N)N)c2)C2(C)CN(C)C2)cc1. The highest BCUT2D eigenvalue weighted by atomic mass is 16.3. The van der Waals surface area contributed by atoms with Gasteiger partial charge < -0.3 is 15.7 Å². The molecule has 0 spiro atoms. The molecule has 26 heavy (non-hydrogen) atoms. The standard InChI is InChI=1S/C21H28N4O/c1-14(2)15-5-7-17(8-6-15)21(26,20(3)12-25(4)13-20)18-9-16(19(22)23)10-24-11-18/h5-11,14,26H,12-13H2,1-4H3,(H3,22,23)/t21-/m0/s1. The zero-order valence-corrected chi connectivity index (χ0v) is 16.0. The fraction of sp³-hybridized carbons (Fsp3) is 0.429. The molecule has 4 N–H and O–H groups in total. The molecule has 5 heteroatoms. The molecule has 0 bridgehead atoms. The van der Waals surface area contributed by atoms with Crippen molar-refractivity contribution in [3.05, 3.63) is 65.0 Å². The van der Waals surface area contributed by atoms with Gasteiger partial charge >= 0.3 is 0 Å². The Bertz CT molecular complexity index is 809. The van der Waals surface area contributed by atoms with E-state index in [4.69, 9.17) is 11.1 Å². The number of amidine groups is 1. The van der Waals surface area contributed by atoms with Crippen LogP contribution in [0.2, 0.25) is 0 Å². The molecule has 1 aliphatic rings. The van der Waals surface area contributed by atoms with Gasteiger partial charge in [-0.15, -0.1) is 0 Å². The Balaban J connectivity index is 2.14. The van der Waals surface area contributed by atoms with Crippen molar-refractivity contribution in [3.63, 3.8) is 0 Å². The number of hydrogen-bond donors (Lipinski definition) is 3. The number of aliphatic hydroxyl groups is 1. The number of nitrogen functional groups attached to an aromatic ring is 1. The number of nitrogens with two attached hydrogens (primary N) is 1. The number of rotatable bonds is 5. The highest BCUT2D eigenvalue weighted by molar-refractivity contribution is 5.94. The molecule has 1 saturated heterocycles. The van der Waals surface area contributed by atoms with Gasteiger partial charge in [0.1, 0.15) is 11.4 Å². The van der Waals surface area contributed by atoms with Crippen molar-refractivity contribution in [3.8, 4) is 0 Å². The van der Waals surface area contributed by atoms with Crippen molar-refractivity contribution < 1.29 is 5.11 Å². The number of likely N-dealkylation sites (tertiary alicyclic amines) is 1. The number of aromatic nitrogens is 1. The Labute approximate surface area is 155 Å². The topological polar surface area (TPSA) is 86.2 Å². The van der Waals surface area contributed by atoms with Crippen LogP contribution in [0.3, 0.4) is 0 Å². The molecule has 0 amide bonds. The van der Waals surface area contributed by atoms with E-state index in [1.165, 1.54) is 5.56 Å². The van der Waals surface area contributed by atoms with Crippen molar-refractivity contribution in [2.24, 2.45) is 11.1 Å². The number of nitrogens with zero attached hydrogens (tertiary/aromatic N) is 2. The Morgan fingerprint density at radius 3 is 2.35 bits per heavy atom. The first-order valence-electron chi connectivity index (χ1n) is 8.98. The minimum atomic E-state index is -1.20. The van der Waals surface area contributed by atoms with E-state index in [1.807, 2.05) is 19.2 Å². The van der Waals surface area contributed by atoms with E-state index in [-0.39, 0.29) is 11.3 Å². The summed E-state index contributed by atoms with van der Waals surface area (Å²) in [5.74, 6) is 0.387. The van der Waals surface area contributed by atoms with Gasteiger partial charge in [0.05, 0.1) is 0 Å². The lowest BCUT2D eigenvalue weighted by atomic mass is 9.62. The molecule has 1 fully saturated rings. The first-order chi connectivity index (χ1) is 12.2. The summed E-state index contributed by atoms with van der Waals surface area (Å²) in [6.07, 6.45) is 3.25. The third-order valence-corrected chi connectivity index (χ3v) is 5.57. The second kappa shape index (κ2) is 6.49. The van der Waals surface area contributed by atoms with Crippen molar-refractivity contribution in [2.45, 2.75) is 32.3 Å². The molecule has 1 aromatic heterocycles. The summed E-state index contributed by atoms with van der Waals surface area (Å²) in [7, 11) is 2.05. The van der Waals surface area contributed by atoms with Crippen LogP contribution in [-0.4, -0.2) is 41.0 Å². The molecule has 0 aliphatic carbocycles. The minimum Gasteiger partial charge on any atom is -0.384 e. The van der Waals surface area contributed by atoms with Gasteiger partial charge in [-0.25, -0.2) is 0 Å². The third kappa shape index (κ3) is 2.91. The second-order valence-corrected chi connectivity index (χ2v) is 8.10. The van der Waals surface area contributed by atoms with Gasteiger partial charge in [0.2, 0.25) is 0 Å². The van der Waals surface area contributed by atoms with E-state index in [1.54, 1.807) is 18.5 Å². The maximum Gasteiger partial charge on any atom is 0.124 e. The quantitative estimate of drug-likeness (QED) is 0.570.